The zero-order valence-electron chi connectivity index (χ0n) is 19.1. The van der Waals surface area contributed by atoms with Gasteiger partial charge in [0.1, 0.15) is 17.5 Å². The zero-order chi connectivity index (χ0) is 23.3. The fourth-order valence-corrected chi connectivity index (χ4v) is 6.06. The van der Waals surface area contributed by atoms with E-state index in [0.717, 1.165) is 12.8 Å². The molecule has 2 saturated heterocycles. The fourth-order valence-electron chi connectivity index (χ4n) is 4.31. The molecule has 10 heteroatoms. The number of rotatable bonds is 7. The quantitative estimate of drug-likeness (QED) is 0.604. The summed E-state index contributed by atoms with van der Waals surface area (Å²) in [7, 11) is -0.381. The average molecular weight is 468 g/mol. The summed E-state index contributed by atoms with van der Waals surface area (Å²) in [4.78, 5) is 29.6. The molecular weight excluding hydrogens is 434 g/mol. The molecule has 3 rings (SSSR count). The number of ether oxygens (including phenoxy) is 2. The van der Waals surface area contributed by atoms with E-state index in [4.69, 9.17) is 9.47 Å². The van der Waals surface area contributed by atoms with E-state index >= 15 is 0 Å². The molecule has 0 aliphatic carbocycles. The van der Waals surface area contributed by atoms with Gasteiger partial charge in [-0.25, -0.2) is 8.42 Å². The number of sulfonamides is 1. The van der Waals surface area contributed by atoms with Crippen molar-refractivity contribution in [3.63, 3.8) is 0 Å². The van der Waals surface area contributed by atoms with Crippen LogP contribution in [0.4, 0.5) is 0 Å². The molecule has 1 unspecified atom stereocenters. The third-order valence-electron chi connectivity index (χ3n) is 6.04. The largest absolute Gasteiger partial charge is 0.497 e. The van der Waals surface area contributed by atoms with Gasteiger partial charge in [-0.2, -0.15) is 4.31 Å². The van der Waals surface area contributed by atoms with Crippen LogP contribution in [-0.2, 0) is 14.8 Å². The molecule has 32 heavy (non-hydrogen) atoms. The maximum absolute atomic E-state index is 13.2. The molecule has 2 aliphatic rings. The monoisotopic (exact) mass is 467 g/mol. The van der Waals surface area contributed by atoms with Crippen LogP contribution in [0.2, 0.25) is 0 Å². The molecule has 0 bridgehead atoms. The van der Waals surface area contributed by atoms with Crippen molar-refractivity contribution in [1.82, 2.24) is 14.1 Å². The molecule has 2 heterocycles. The number of carbonyl (C=O) groups excluding carboxylic acids is 2. The van der Waals surface area contributed by atoms with Crippen LogP contribution in [0.1, 0.15) is 43.0 Å². The molecule has 0 N–H and O–H groups in total. The van der Waals surface area contributed by atoms with Gasteiger partial charge in [-0.15, -0.1) is 0 Å². The van der Waals surface area contributed by atoms with Crippen molar-refractivity contribution in [3.8, 4) is 11.5 Å². The van der Waals surface area contributed by atoms with Gasteiger partial charge >= 0.3 is 0 Å². The van der Waals surface area contributed by atoms with Crippen LogP contribution in [-0.4, -0.2) is 93.1 Å². The van der Waals surface area contributed by atoms with Crippen molar-refractivity contribution in [3.05, 3.63) is 23.8 Å². The number of piperazine rings is 1. The van der Waals surface area contributed by atoms with Crippen molar-refractivity contribution in [1.29, 1.82) is 0 Å². The Labute approximate surface area is 190 Å². The van der Waals surface area contributed by atoms with E-state index in [9.17, 15) is 18.0 Å². The zero-order valence-corrected chi connectivity index (χ0v) is 19.9. The van der Waals surface area contributed by atoms with E-state index in [1.807, 2.05) is 6.92 Å². The lowest BCUT2D eigenvalue weighted by Gasteiger charge is -2.40. The third kappa shape index (κ3) is 5.35. The van der Waals surface area contributed by atoms with Crippen LogP contribution in [0.5, 0.6) is 11.5 Å². The molecule has 2 fully saturated rings. The van der Waals surface area contributed by atoms with Crippen LogP contribution in [0, 0.1) is 0 Å². The first-order valence-corrected chi connectivity index (χ1v) is 12.7. The minimum atomic E-state index is -3.44. The predicted octanol–water partition coefficient (Wildman–Crippen LogP) is 1.58. The highest BCUT2D eigenvalue weighted by atomic mass is 32.2. The Bertz CT molecular complexity index is 905. The highest BCUT2D eigenvalue weighted by Gasteiger charge is 2.39. The van der Waals surface area contributed by atoms with Crippen LogP contribution in [0.3, 0.4) is 0 Å². The van der Waals surface area contributed by atoms with Gasteiger partial charge in [0.05, 0.1) is 20.0 Å². The molecule has 2 amide bonds. The molecule has 1 atom stereocenters. The topological polar surface area (TPSA) is 96.5 Å². The summed E-state index contributed by atoms with van der Waals surface area (Å²) in [6, 6.07) is 4.41. The van der Waals surface area contributed by atoms with E-state index in [1.54, 1.807) is 28.0 Å². The van der Waals surface area contributed by atoms with Crippen molar-refractivity contribution in [2.24, 2.45) is 0 Å². The number of piperidine rings is 1. The van der Waals surface area contributed by atoms with Crippen molar-refractivity contribution in [2.45, 2.75) is 38.6 Å². The first-order valence-electron chi connectivity index (χ1n) is 11.1. The molecule has 178 valence electrons. The molecular formula is C22H33N3O6S. The Morgan fingerprint density at radius 2 is 1.53 bits per heavy atom. The second kappa shape index (κ2) is 10.5. The lowest BCUT2D eigenvalue weighted by atomic mass is 10.0. The summed E-state index contributed by atoms with van der Waals surface area (Å²) >= 11 is 0. The summed E-state index contributed by atoms with van der Waals surface area (Å²) in [5, 5.41) is 0. The van der Waals surface area contributed by atoms with Crippen LogP contribution in [0.25, 0.3) is 0 Å². The number of methoxy groups -OCH3 is 2. The standard InChI is InChI=1S/C22H33N3O6S/c1-4-13-32(28,29)25-8-6-5-7-20(25)22(27)24-11-9-23(10-12-24)21(26)17-14-18(30-2)16-19(15-17)31-3/h14-16,20H,4-13H2,1-3H3. The van der Waals surface area contributed by atoms with Crippen molar-refractivity contribution >= 4 is 21.8 Å². The summed E-state index contributed by atoms with van der Waals surface area (Å²) in [6.45, 7) is 3.76. The summed E-state index contributed by atoms with van der Waals surface area (Å²) in [6.07, 6.45) is 2.68. The normalized spacial score (nSPS) is 20.2. The van der Waals surface area contributed by atoms with E-state index in [-0.39, 0.29) is 17.6 Å². The molecule has 1 aromatic carbocycles. The van der Waals surface area contributed by atoms with Crippen molar-refractivity contribution in [2.75, 3.05) is 52.7 Å². The Hall–Kier alpha value is -2.33. The lowest BCUT2D eigenvalue weighted by Crippen LogP contribution is -2.57. The molecule has 0 radical (unpaired) electrons. The minimum Gasteiger partial charge on any atom is -0.497 e. The second-order valence-electron chi connectivity index (χ2n) is 8.16. The minimum absolute atomic E-state index is 0.0586. The third-order valence-corrected chi connectivity index (χ3v) is 8.11. The molecule has 0 saturated carbocycles. The molecule has 0 aromatic heterocycles. The molecule has 2 aliphatic heterocycles. The van der Waals surface area contributed by atoms with Gasteiger partial charge in [-0.1, -0.05) is 13.3 Å². The summed E-state index contributed by atoms with van der Waals surface area (Å²) in [5.74, 6) is 0.821. The maximum atomic E-state index is 13.2. The average Bonchev–Trinajstić information content (AvgIpc) is 2.82. The number of nitrogens with zero attached hydrogens (tertiary/aromatic N) is 3. The SMILES string of the molecule is CCCS(=O)(=O)N1CCCCC1C(=O)N1CCN(C(=O)c2cc(OC)cc(OC)c2)CC1. The van der Waals surface area contributed by atoms with Crippen LogP contribution >= 0.6 is 0 Å². The number of amides is 2. The number of hydrogen-bond donors (Lipinski definition) is 0. The van der Waals surface area contributed by atoms with E-state index in [2.05, 4.69) is 0 Å². The Morgan fingerprint density at radius 3 is 2.09 bits per heavy atom. The maximum Gasteiger partial charge on any atom is 0.254 e. The van der Waals surface area contributed by atoms with E-state index in [1.165, 1.54) is 18.5 Å². The van der Waals surface area contributed by atoms with Gasteiger partial charge in [0, 0.05) is 44.4 Å². The number of benzene rings is 1. The first kappa shape index (κ1) is 24.3. The molecule has 1 aromatic rings. The second-order valence-corrected chi connectivity index (χ2v) is 10.2. The Kier molecular flexibility index (Phi) is 8.00. The number of hydrogen-bond acceptors (Lipinski definition) is 6. The lowest BCUT2D eigenvalue weighted by molar-refractivity contribution is -0.137. The predicted molar refractivity (Wildman–Crippen MR) is 120 cm³/mol. The van der Waals surface area contributed by atoms with Gasteiger partial charge in [0.25, 0.3) is 5.91 Å². The molecule has 0 spiro atoms. The molecule has 9 nitrogen and oxygen atoms in total. The van der Waals surface area contributed by atoms with Crippen molar-refractivity contribution < 1.29 is 27.5 Å². The highest BCUT2D eigenvalue weighted by molar-refractivity contribution is 7.89. The fraction of sp³-hybridized carbons (Fsp3) is 0.636. The van der Waals surface area contributed by atoms with Gasteiger partial charge < -0.3 is 19.3 Å². The first-order chi connectivity index (χ1) is 15.3. The van der Waals surface area contributed by atoms with Gasteiger partial charge in [0.2, 0.25) is 15.9 Å². The van der Waals surface area contributed by atoms with Gasteiger partial charge in [-0.05, 0) is 31.4 Å². The van der Waals surface area contributed by atoms with E-state index < -0.39 is 16.1 Å². The van der Waals surface area contributed by atoms with Crippen LogP contribution < -0.4 is 9.47 Å². The van der Waals surface area contributed by atoms with E-state index in [0.29, 0.717) is 62.6 Å². The smallest absolute Gasteiger partial charge is 0.254 e. The van der Waals surface area contributed by atoms with Gasteiger partial charge in [0.15, 0.2) is 0 Å². The van der Waals surface area contributed by atoms with Crippen LogP contribution in [0.15, 0.2) is 18.2 Å². The Morgan fingerprint density at radius 1 is 0.938 bits per heavy atom. The summed E-state index contributed by atoms with van der Waals surface area (Å²) < 4.78 is 37.2. The summed E-state index contributed by atoms with van der Waals surface area (Å²) in [5.41, 5.74) is 0.463. The number of carbonyl (C=O) groups is 2. The highest BCUT2D eigenvalue weighted by Crippen LogP contribution is 2.25. The Balaban J connectivity index is 1.66. The van der Waals surface area contributed by atoms with Gasteiger partial charge in [-0.3, -0.25) is 9.59 Å².